The number of nitrogens with one attached hydrogen (secondary N) is 3. The maximum atomic E-state index is 13.9. The maximum absolute atomic E-state index is 13.9. The predicted octanol–water partition coefficient (Wildman–Crippen LogP) is 0.963. The highest BCUT2D eigenvalue weighted by Crippen LogP contribution is 2.25. The molecule has 3 atom stereocenters. The zero-order valence-electron chi connectivity index (χ0n) is 20.9. The lowest BCUT2D eigenvalue weighted by molar-refractivity contribution is -0.138. The number of alkyl carbamates (subject to hydrolysis) is 1. The number of nitrogens with zero attached hydrogens (tertiary/aromatic N) is 1. The quantitative estimate of drug-likeness (QED) is 0.551. The number of methoxy groups -OCH3 is 1. The highest BCUT2D eigenvalue weighted by Gasteiger charge is 2.40. The van der Waals surface area contributed by atoms with Crippen LogP contribution in [0.2, 0.25) is 0 Å². The standard InChI is InChI=1S/C24H33FN4O7/c1-24(2,3)36-23(33)27-15-10-16-12-35-19-6-5-14(25)9-17(19)21(31)26-8-7-18(22(32)29(16)11-15)28-20(30)13-34-4/h5-6,9,15-16,18H,7-8,10-13H2,1-4H3,(H,26,31)(H,27,33)(H,28,30)/t15-,16-,18-/m0/s1. The van der Waals surface area contributed by atoms with Gasteiger partial charge in [0.1, 0.15) is 36.4 Å². The summed E-state index contributed by atoms with van der Waals surface area (Å²) in [4.78, 5) is 52.3. The van der Waals surface area contributed by atoms with Crippen molar-refractivity contribution in [3.63, 3.8) is 0 Å². The number of rotatable bonds is 4. The van der Waals surface area contributed by atoms with E-state index in [0.29, 0.717) is 6.42 Å². The number of benzene rings is 1. The molecule has 12 heteroatoms. The van der Waals surface area contributed by atoms with E-state index in [1.54, 1.807) is 25.7 Å². The van der Waals surface area contributed by atoms with Gasteiger partial charge in [-0.15, -0.1) is 0 Å². The molecule has 1 fully saturated rings. The van der Waals surface area contributed by atoms with Crippen LogP contribution in [-0.4, -0.2) is 85.9 Å². The van der Waals surface area contributed by atoms with E-state index < -0.39 is 47.5 Å². The lowest BCUT2D eigenvalue weighted by Crippen LogP contribution is -2.53. The van der Waals surface area contributed by atoms with E-state index >= 15 is 0 Å². The molecule has 3 rings (SSSR count). The molecule has 0 aliphatic carbocycles. The van der Waals surface area contributed by atoms with Crippen molar-refractivity contribution in [1.82, 2.24) is 20.9 Å². The van der Waals surface area contributed by atoms with Crippen LogP contribution in [-0.2, 0) is 19.1 Å². The molecular formula is C24H33FN4O7. The third-order valence-electron chi connectivity index (χ3n) is 5.66. The zero-order chi connectivity index (χ0) is 26.5. The Kier molecular flexibility index (Phi) is 8.72. The molecule has 3 N–H and O–H groups in total. The number of carbonyl (C=O) groups excluding carboxylic acids is 4. The molecule has 1 aromatic carbocycles. The third kappa shape index (κ3) is 7.30. The second kappa shape index (κ2) is 11.5. The lowest BCUT2D eigenvalue weighted by atomic mass is 10.1. The van der Waals surface area contributed by atoms with Gasteiger partial charge in [0.2, 0.25) is 11.8 Å². The van der Waals surface area contributed by atoms with Crippen LogP contribution in [0.5, 0.6) is 5.75 Å². The molecule has 1 aromatic rings. The Morgan fingerprint density at radius 2 is 2.00 bits per heavy atom. The van der Waals surface area contributed by atoms with Crippen molar-refractivity contribution < 1.29 is 37.8 Å². The normalized spacial score (nSPS) is 22.7. The fourth-order valence-corrected chi connectivity index (χ4v) is 4.16. The molecule has 4 amide bonds. The van der Waals surface area contributed by atoms with Gasteiger partial charge in [-0.3, -0.25) is 14.4 Å². The average Bonchev–Trinajstić information content (AvgIpc) is 3.17. The zero-order valence-corrected chi connectivity index (χ0v) is 20.9. The molecule has 2 aliphatic rings. The van der Waals surface area contributed by atoms with Crippen molar-refractivity contribution in [2.24, 2.45) is 0 Å². The smallest absolute Gasteiger partial charge is 0.407 e. The van der Waals surface area contributed by atoms with E-state index in [4.69, 9.17) is 14.2 Å². The molecule has 0 unspecified atom stereocenters. The summed E-state index contributed by atoms with van der Waals surface area (Å²) < 4.78 is 29.9. The van der Waals surface area contributed by atoms with Crippen molar-refractivity contribution in [2.75, 3.05) is 33.4 Å². The summed E-state index contributed by atoms with van der Waals surface area (Å²) in [6, 6.07) is 1.76. The summed E-state index contributed by atoms with van der Waals surface area (Å²) in [7, 11) is 1.36. The maximum Gasteiger partial charge on any atom is 0.407 e. The summed E-state index contributed by atoms with van der Waals surface area (Å²) in [6.45, 7) is 5.21. The van der Waals surface area contributed by atoms with Gasteiger partial charge in [0.05, 0.1) is 17.6 Å². The van der Waals surface area contributed by atoms with Gasteiger partial charge in [-0.2, -0.15) is 0 Å². The van der Waals surface area contributed by atoms with Gasteiger partial charge in [0, 0.05) is 20.2 Å². The van der Waals surface area contributed by atoms with Crippen LogP contribution in [0.15, 0.2) is 18.2 Å². The molecule has 36 heavy (non-hydrogen) atoms. The van der Waals surface area contributed by atoms with E-state index in [-0.39, 0.29) is 49.9 Å². The second-order valence-corrected chi connectivity index (χ2v) is 9.77. The minimum absolute atomic E-state index is 0.0110. The molecule has 0 radical (unpaired) electrons. The Hall–Kier alpha value is -3.41. The summed E-state index contributed by atoms with van der Waals surface area (Å²) in [5, 5.41) is 8.07. The van der Waals surface area contributed by atoms with Gasteiger partial charge >= 0.3 is 6.09 Å². The Labute approximate surface area is 209 Å². The largest absolute Gasteiger partial charge is 0.491 e. The molecule has 0 bridgehead atoms. The SMILES string of the molecule is COCC(=O)N[C@H]1CCNC(=O)c2cc(F)ccc2OC[C@@H]2C[C@H](NC(=O)OC(C)(C)C)CN2C1=O. The Morgan fingerprint density at radius 1 is 1.25 bits per heavy atom. The number of hydrogen-bond acceptors (Lipinski definition) is 7. The monoisotopic (exact) mass is 508 g/mol. The van der Waals surface area contributed by atoms with Crippen molar-refractivity contribution in [3.8, 4) is 5.75 Å². The molecule has 0 spiro atoms. The Balaban J connectivity index is 1.86. The van der Waals surface area contributed by atoms with Crippen LogP contribution in [0.3, 0.4) is 0 Å². The third-order valence-corrected chi connectivity index (χ3v) is 5.66. The fourth-order valence-electron chi connectivity index (χ4n) is 4.16. The molecular weight excluding hydrogens is 475 g/mol. The minimum atomic E-state index is -0.956. The Bertz CT molecular complexity index is 997. The number of ether oxygens (including phenoxy) is 3. The summed E-state index contributed by atoms with van der Waals surface area (Å²) in [5.74, 6) is -1.85. The van der Waals surface area contributed by atoms with Crippen molar-refractivity contribution in [3.05, 3.63) is 29.6 Å². The summed E-state index contributed by atoms with van der Waals surface area (Å²) in [5.41, 5.74) is -0.666. The van der Waals surface area contributed by atoms with Gasteiger partial charge in [0.15, 0.2) is 0 Å². The van der Waals surface area contributed by atoms with Gasteiger partial charge in [0.25, 0.3) is 5.91 Å². The van der Waals surface area contributed by atoms with Crippen LogP contribution in [0.4, 0.5) is 9.18 Å². The predicted molar refractivity (Wildman–Crippen MR) is 126 cm³/mol. The summed E-state index contributed by atoms with van der Waals surface area (Å²) >= 11 is 0. The molecule has 2 aliphatic heterocycles. The van der Waals surface area contributed by atoms with Gasteiger partial charge in [-0.05, 0) is 51.8 Å². The van der Waals surface area contributed by atoms with Gasteiger partial charge in [-0.1, -0.05) is 0 Å². The molecule has 2 heterocycles. The number of fused-ring (bicyclic) bond motifs is 2. The summed E-state index contributed by atoms with van der Waals surface area (Å²) in [6.07, 6.45) is -0.161. The highest BCUT2D eigenvalue weighted by molar-refractivity contribution is 5.97. The van der Waals surface area contributed by atoms with E-state index in [2.05, 4.69) is 16.0 Å². The topological polar surface area (TPSA) is 135 Å². The molecule has 0 saturated carbocycles. The first-order valence-corrected chi connectivity index (χ1v) is 11.8. The van der Waals surface area contributed by atoms with Crippen LogP contribution >= 0.6 is 0 Å². The second-order valence-electron chi connectivity index (χ2n) is 9.77. The molecule has 11 nitrogen and oxygen atoms in total. The van der Waals surface area contributed by atoms with Gasteiger partial charge < -0.3 is 35.1 Å². The van der Waals surface area contributed by atoms with Crippen molar-refractivity contribution >= 4 is 23.8 Å². The highest BCUT2D eigenvalue weighted by atomic mass is 19.1. The fraction of sp³-hybridized carbons (Fsp3) is 0.583. The molecule has 1 saturated heterocycles. The minimum Gasteiger partial charge on any atom is -0.491 e. The number of halogens is 1. The van der Waals surface area contributed by atoms with E-state index in [1.165, 1.54) is 19.2 Å². The van der Waals surface area contributed by atoms with E-state index in [9.17, 15) is 23.6 Å². The first-order chi connectivity index (χ1) is 17.0. The molecule has 198 valence electrons. The first-order valence-electron chi connectivity index (χ1n) is 11.8. The number of amides is 4. The van der Waals surface area contributed by atoms with Crippen LogP contribution in [0.25, 0.3) is 0 Å². The van der Waals surface area contributed by atoms with Crippen LogP contribution in [0.1, 0.15) is 44.0 Å². The van der Waals surface area contributed by atoms with Crippen molar-refractivity contribution in [1.29, 1.82) is 0 Å². The number of hydrogen-bond donors (Lipinski definition) is 3. The molecule has 0 aromatic heterocycles. The van der Waals surface area contributed by atoms with Crippen LogP contribution < -0.4 is 20.7 Å². The van der Waals surface area contributed by atoms with E-state index in [1.807, 2.05) is 0 Å². The average molecular weight is 509 g/mol. The Morgan fingerprint density at radius 3 is 2.69 bits per heavy atom. The number of carbonyl (C=O) groups is 4. The van der Waals surface area contributed by atoms with Crippen molar-refractivity contribution in [2.45, 2.75) is 57.3 Å². The van der Waals surface area contributed by atoms with Crippen LogP contribution in [0, 0.1) is 5.82 Å². The van der Waals surface area contributed by atoms with E-state index in [0.717, 1.165) is 6.07 Å². The first kappa shape index (κ1) is 27.2. The lowest BCUT2D eigenvalue weighted by Gasteiger charge is -2.30. The van der Waals surface area contributed by atoms with Gasteiger partial charge in [-0.25, -0.2) is 9.18 Å².